The molecule has 1 aromatic heterocycles. The van der Waals surface area contributed by atoms with E-state index in [9.17, 15) is 23.1 Å². The van der Waals surface area contributed by atoms with E-state index >= 15 is 0 Å². The van der Waals surface area contributed by atoms with Gasteiger partial charge in [-0.05, 0) is 30.7 Å². The monoisotopic (exact) mass is 453 g/mol. The van der Waals surface area contributed by atoms with Gasteiger partial charge in [0.25, 0.3) is 5.91 Å². The lowest BCUT2D eigenvalue weighted by atomic mass is 10.2. The number of carboxylic acids is 1. The Morgan fingerprint density at radius 2 is 1.83 bits per heavy atom. The number of carboxylic acid groups (broad SMARTS) is 1. The second-order valence-electron chi connectivity index (χ2n) is 6.22. The molecule has 1 amide bonds. The van der Waals surface area contributed by atoms with Crippen LogP contribution in [-0.4, -0.2) is 43.9 Å². The van der Waals surface area contributed by atoms with Crippen molar-refractivity contribution in [1.29, 1.82) is 0 Å². The molecule has 0 aliphatic rings. The van der Waals surface area contributed by atoms with Crippen molar-refractivity contribution in [1.82, 2.24) is 10.0 Å². The number of nitrogens with two attached hydrogens (primary N) is 2. The molecule has 12 heteroatoms. The molecule has 0 spiro atoms. The summed E-state index contributed by atoms with van der Waals surface area (Å²) in [4.78, 5) is 29.0. The van der Waals surface area contributed by atoms with Crippen LogP contribution in [0.4, 0.5) is 0 Å². The summed E-state index contributed by atoms with van der Waals surface area (Å²) < 4.78 is 26.8. The Morgan fingerprint density at radius 1 is 1.17 bits per heavy atom. The zero-order valence-electron chi connectivity index (χ0n) is 16.1. The molecule has 0 radical (unpaired) electrons. The Kier molecular flexibility index (Phi) is 7.92. The number of hydrogen-bond acceptors (Lipinski definition) is 6. The van der Waals surface area contributed by atoms with Gasteiger partial charge in [0.2, 0.25) is 10.0 Å². The smallest absolute Gasteiger partial charge is 0.323 e. The van der Waals surface area contributed by atoms with Crippen LogP contribution in [0.3, 0.4) is 0 Å². The third-order valence-electron chi connectivity index (χ3n) is 3.99. The Balaban J connectivity index is 2.06. The first-order valence-corrected chi connectivity index (χ1v) is 11.2. The SMILES string of the molecule is CCC(N=C(N)N)c1ccc(C(=O)NC[C@H](NS(=O)(=O)c2ccccc2)C(=O)O)s1. The third kappa shape index (κ3) is 6.27. The van der Waals surface area contributed by atoms with E-state index in [2.05, 4.69) is 15.0 Å². The second-order valence-corrected chi connectivity index (χ2v) is 9.04. The maximum absolute atomic E-state index is 12.4. The summed E-state index contributed by atoms with van der Waals surface area (Å²) in [5.74, 6) is -2.01. The highest BCUT2D eigenvalue weighted by Crippen LogP contribution is 2.28. The molecule has 0 aliphatic carbocycles. The van der Waals surface area contributed by atoms with Gasteiger partial charge in [0.15, 0.2) is 5.96 Å². The third-order valence-corrected chi connectivity index (χ3v) is 6.66. The van der Waals surface area contributed by atoms with E-state index in [-0.39, 0.29) is 16.9 Å². The van der Waals surface area contributed by atoms with Gasteiger partial charge in [0.05, 0.1) is 15.8 Å². The van der Waals surface area contributed by atoms with Crippen LogP contribution in [0, 0.1) is 0 Å². The lowest BCUT2D eigenvalue weighted by Crippen LogP contribution is -2.48. The van der Waals surface area contributed by atoms with Gasteiger partial charge >= 0.3 is 5.97 Å². The lowest BCUT2D eigenvalue weighted by Gasteiger charge is -2.15. The number of carbonyl (C=O) groups is 2. The van der Waals surface area contributed by atoms with Gasteiger partial charge in [-0.3, -0.25) is 9.59 Å². The average molecular weight is 454 g/mol. The number of thiophene rings is 1. The van der Waals surface area contributed by atoms with Crippen molar-refractivity contribution in [3.05, 3.63) is 52.2 Å². The zero-order valence-corrected chi connectivity index (χ0v) is 17.7. The fourth-order valence-corrected chi connectivity index (χ4v) is 4.76. The molecule has 2 atom stereocenters. The molecular weight excluding hydrogens is 430 g/mol. The summed E-state index contributed by atoms with van der Waals surface area (Å²) in [6, 6.07) is 8.83. The number of hydrogen-bond donors (Lipinski definition) is 5. The molecule has 10 nitrogen and oxygen atoms in total. The summed E-state index contributed by atoms with van der Waals surface area (Å²) in [6.45, 7) is 1.46. The van der Waals surface area contributed by atoms with Crippen molar-refractivity contribution in [3.63, 3.8) is 0 Å². The van der Waals surface area contributed by atoms with Crippen LogP contribution < -0.4 is 21.5 Å². The minimum atomic E-state index is -4.06. The summed E-state index contributed by atoms with van der Waals surface area (Å²) >= 11 is 1.17. The van der Waals surface area contributed by atoms with Gasteiger partial charge in [-0.15, -0.1) is 11.3 Å². The van der Waals surface area contributed by atoms with Crippen LogP contribution in [0.1, 0.15) is 33.9 Å². The highest BCUT2D eigenvalue weighted by molar-refractivity contribution is 7.89. The van der Waals surface area contributed by atoms with Crippen LogP contribution in [-0.2, 0) is 14.8 Å². The van der Waals surface area contributed by atoms with E-state index in [1.807, 2.05) is 6.92 Å². The lowest BCUT2D eigenvalue weighted by molar-refractivity contribution is -0.138. The summed E-state index contributed by atoms with van der Waals surface area (Å²) in [7, 11) is -4.06. The molecular formula is C18H23N5O5S2. The number of amides is 1. The first-order chi connectivity index (χ1) is 14.1. The number of benzene rings is 1. The predicted octanol–water partition coefficient (Wildman–Crippen LogP) is 0.634. The van der Waals surface area contributed by atoms with Crippen LogP contribution in [0.2, 0.25) is 0 Å². The number of sulfonamides is 1. The van der Waals surface area contributed by atoms with Gasteiger partial charge in [0, 0.05) is 11.4 Å². The van der Waals surface area contributed by atoms with E-state index in [1.165, 1.54) is 35.6 Å². The fraction of sp³-hybridized carbons (Fsp3) is 0.278. The summed E-state index contributed by atoms with van der Waals surface area (Å²) in [6.07, 6.45) is 0.627. The number of guanidine groups is 1. The van der Waals surface area contributed by atoms with Crippen LogP contribution in [0.5, 0.6) is 0 Å². The highest BCUT2D eigenvalue weighted by Gasteiger charge is 2.26. The first-order valence-electron chi connectivity index (χ1n) is 8.91. The summed E-state index contributed by atoms with van der Waals surface area (Å²) in [5.41, 5.74) is 10.8. The first kappa shape index (κ1) is 23.3. The molecule has 1 aromatic carbocycles. The Morgan fingerprint density at radius 3 is 2.40 bits per heavy atom. The standard InChI is InChI=1S/C18H23N5O5S2/c1-2-12(22-18(19)20)14-8-9-15(29-14)16(24)21-10-13(17(25)26)23-30(27,28)11-6-4-3-5-7-11/h3-9,12-13,23H,2,10H2,1H3,(H,21,24)(H,25,26)(H4,19,20,22)/t12?,13-/m0/s1. The molecule has 1 heterocycles. The van der Waals surface area contributed by atoms with Crippen molar-refractivity contribution >= 4 is 39.2 Å². The number of rotatable bonds is 10. The molecule has 7 N–H and O–H groups in total. The van der Waals surface area contributed by atoms with E-state index in [1.54, 1.807) is 18.2 Å². The quantitative estimate of drug-likeness (QED) is 0.259. The van der Waals surface area contributed by atoms with Crippen LogP contribution in [0.25, 0.3) is 0 Å². The molecule has 0 bridgehead atoms. The fourth-order valence-electron chi connectivity index (χ4n) is 2.51. The molecule has 2 rings (SSSR count). The Bertz CT molecular complexity index is 1020. The van der Waals surface area contributed by atoms with Gasteiger partial charge in [0.1, 0.15) is 6.04 Å². The molecule has 0 fully saturated rings. The molecule has 30 heavy (non-hydrogen) atoms. The van der Waals surface area contributed by atoms with Crippen molar-refractivity contribution < 1.29 is 23.1 Å². The molecule has 1 unspecified atom stereocenters. The Labute approximate surface area is 178 Å². The average Bonchev–Trinajstić information content (AvgIpc) is 3.19. The van der Waals surface area contributed by atoms with Gasteiger partial charge < -0.3 is 21.9 Å². The largest absolute Gasteiger partial charge is 0.480 e. The van der Waals surface area contributed by atoms with Crippen molar-refractivity contribution in [2.45, 2.75) is 30.3 Å². The van der Waals surface area contributed by atoms with Gasteiger partial charge in [-0.25, -0.2) is 13.4 Å². The molecule has 0 aliphatic heterocycles. The number of nitrogens with one attached hydrogen (secondary N) is 2. The zero-order chi connectivity index (χ0) is 22.3. The van der Waals surface area contributed by atoms with E-state index < -0.39 is 34.5 Å². The number of nitrogens with zero attached hydrogens (tertiary/aromatic N) is 1. The van der Waals surface area contributed by atoms with Gasteiger partial charge in [-0.2, -0.15) is 4.72 Å². The molecule has 2 aromatic rings. The maximum atomic E-state index is 12.4. The maximum Gasteiger partial charge on any atom is 0.323 e. The molecule has 162 valence electrons. The minimum Gasteiger partial charge on any atom is -0.480 e. The number of aliphatic carboxylic acids is 1. The molecule has 0 saturated carbocycles. The van der Waals surface area contributed by atoms with Crippen molar-refractivity contribution in [2.75, 3.05) is 6.54 Å². The van der Waals surface area contributed by atoms with E-state index in [0.29, 0.717) is 11.3 Å². The van der Waals surface area contributed by atoms with E-state index in [0.717, 1.165) is 4.88 Å². The number of carbonyl (C=O) groups excluding carboxylic acids is 1. The summed E-state index contributed by atoms with van der Waals surface area (Å²) in [5, 5.41) is 11.8. The second kappa shape index (κ2) is 10.2. The normalized spacial score (nSPS) is 13.2. The minimum absolute atomic E-state index is 0.0590. The van der Waals surface area contributed by atoms with Crippen LogP contribution in [0.15, 0.2) is 52.4 Å². The number of aliphatic imine (C=N–C) groups is 1. The van der Waals surface area contributed by atoms with E-state index in [4.69, 9.17) is 11.5 Å². The Hall–Kier alpha value is -2.96. The van der Waals surface area contributed by atoms with Crippen molar-refractivity contribution in [3.8, 4) is 0 Å². The molecule has 0 saturated heterocycles. The topological polar surface area (TPSA) is 177 Å². The van der Waals surface area contributed by atoms with Gasteiger partial charge in [-0.1, -0.05) is 25.1 Å². The van der Waals surface area contributed by atoms with Crippen molar-refractivity contribution in [2.24, 2.45) is 16.5 Å². The predicted molar refractivity (Wildman–Crippen MR) is 114 cm³/mol. The highest BCUT2D eigenvalue weighted by atomic mass is 32.2. The van der Waals surface area contributed by atoms with Crippen LogP contribution >= 0.6 is 11.3 Å².